The van der Waals surface area contributed by atoms with E-state index in [-0.39, 0.29) is 18.2 Å². The van der Waals surface area contributed by atoms with E-state index in [0.29, 0.717) is 43.1 Å². The molecule has 3 N–H and O–H groups in total. The highest BCUT2D eigenvalue weighted by Gasteiger charge is 2.22. The van der Waals surface area contributed by atoms with Crippen LogP contribution in [0.2, 0.25) is 0 Å². The molecule has 126 valence electrons. The van der Waals surface area contributed by atoms with Gasteiger partial charge in [-0.1, -0.05) is 12.1 Å². The van der Waals surface area contributed by atoms with Crippen molar-refractivity contribution in [3.05, 3.63) is 30.3 Å². The third kappa shape index (κ3) is 3.38. The lowest BCUT2D eigenvalue weighted by Crippen LogP contribution is -2.48. The highest BCUT2D eigenvalue weighted by atomic mass is 16.4. The van der Waals surface area contributed by atoms with Gasteiger partial charge >= 0.3 is 5.97 Å². The Balaban J connectivity index is 1.81. The number of phenols is 1. The minimum absolute atomic E-state index is 0.0115. The summed E-state index contributed by atoms with van der Waals surface area (Å²) in [5, 5.41) is 36.5. The van der Waals surface area contributed by atoms with Crippen LogP contribution in [0.5, 0.6) is 11.6 Å². The maximum atomic E-state index is 10.8. The molecule has 8 nitrogen and oxygen atoms in total. The Labute approximate surface area is 138 Å². The number of aliphatic carboxylic acids is 1. The van der Waals surface area contributed by atoms with Crippen molar-refractivity contribution in [1.29, 1.82) is 0 Å². The second-order valence-corrected chi connectivity index (χ2v) is 5.61. The van der Waals surface area contributed by atoms with Crippen molar-refractivity contribution in [1.82, 2.24) is 15.1 Å². The van der Waals surface area contributed by atoms with Gasteiger partial charge in [-0.25, -0.2) is 0 Å². The molecule has 0 radical (unpaired) electrons. The average Bonchev–Trinajstić information content (AvgIpc) is 2.56. The van der Waals surface area contributed by atoms with Crippen molar-refractivity contribution < 1.29 is 20.1 Å². The molecule has 1 fully saturated rings. The Hall–Kier alpha value is -2.87. The first-order valence-corrected chi connectivity index (χ1v) is 7.59. The van der Waals surface area contributed by atoms with E-state index in [1.165, 1.54) is 0 Å². The molecule has 1 saturated heterocycles. The molecule has 8 heteroatoms. The number of benzene rings is 1. The van der Waals surface area contributed by atoms with Crippen LogP contribution >= 0.6 is 0 Å². The van der Waals surface area contributed by atoms with Gasteiger partial charge in [0.1, 0.15) is 11.4 Å². The van der Waals surface area contributed by atoms with Crippen molar-refractivity contribution in [2.45, 2.75) is 0 Å². The summed E-state index contributed by atoms with van der Waals surface area (Å²) in [5.74, 6) is -0.936. The lowest BCUT2D eigenvalue weighted by molar-refractivity contribution is -0.138. The minimum Gasteiger partial charge on any atom is -0.507 e. The van der Waals surface area contributed by atoms with E-state index in [2.05, 4.69) is 10.2 Å². The highest BCUT2D eigenvalue weighted by Crippen LogP contribution is 2.32. The molecule has 3 rings (SSSR count). The molecule has 0 spiro atoms. The molecule has 1 aliphatic rings. The molecule has 24 heavy (non-hydrogen) atoms. The van der Waals surface area contributed by atoms with Gasteiger partial charge in [0.2, 0.25) is 0 Å². The second kappa shape index (κ2) is 6.71. The number of anilines is 1. The highest BCUT2D eigenvalue weighted by molar-refractivity contribution is 5.71. The van der Waals surface area contributed by atoms with Gasteiger partial charge in [0, 0.05) is 31.7 Å². The zero-order chi connectivity index (χ0) is 17.1. The van der Waals surface area contributed by atoms with Gasteiger partial charge in [-0.05, 0) is 18.2 Å². The van der Waals surface area contributed by atoms with E-state index in [0.717, 1.165) is 0 Å². The number of para-hydroxylation sites is 1. The van der Waals surface area contributed by atoms with Crippen LogP contribution in [-0.4, -0.2) is 69.1 Å². The number of piperazine rings is 1. The number of nitrogens with zero attached hydrogens (tertiary/aromatic N) is 4. The van der Waals surface area contributed by atoms with Gasteiger partial charge in [0.25, 0.3) is 5.88 Å². The largest absolute Gasteiger partial charge is 0.507 e. The van der Waals surface area contributed by atoms with Crippen LogP contribution in [0.3, 0.4) is 0 Å². The molecule has 1 aromatic heterocycles. The van der Waals surface area contributed by atoms with Gasteiger partial charge in [-0.15, -0.1) is 10.2 Å². The fourth-order valence-electron chi connectivity index (χ4n) is 2.77. The van der Waals surface area contributed by atoms with Gasteiger partial charge < -0.3 is 20.2 Å². The fraction of sp³-hybridized carbons (Fsp3) is 0.312. The SMILES string of the molecule is O=C(O)CN1CCN(c2cc(-c3ccccc3O)nnc2O)CC1. The summed E-state index contributed by atoms with van der Waals surface area (Å²) in [5.41, 5.74) is 1.53. The maximum Gasteiger partial charge on any atom is 0.317 e. The minimum atomic E-state index is -0.848. The summed E-state index contributed by atoms with van der Waals surface area (Å²) in [6, 6.07) is 8.48. The Morgan fingerprint density at radius 2 is 1.79 bits per heavy atom. The molecule has 2 heterocycles. The molecule has 1 aromatic carbocycles. The molecule has 1 aliphatic heterocycles. The van der Waals surface area contributed by atoms with Crippen molar-refractivity contribution in [3.8, 4) is 22.9 Å². The average molecular weight is 330 g/mol. The first kappa shape index (κ1) is 16.0. The van der Waals surface area contributed by atoms with Crippen LogP contribution < -0.4 is 4.90 Å². The van der Waals surface area contributed by atoms with Crippen LogP contribution in [0, 0.1) is 0 Å². The fourth-order valence-corrected chi connectivity index (χ4v) is 2.77. The summed E-state index contributed by atoms with van der Waals surface area (Å²) in [7, 11) is 0. The van der Waals surface area contributed by atoms with E-state index in [4.69, 9.17) is 5.11 Å². The lowest BCUT2D eigenvalue weighted by Gasteiger charge is -2.35. The lowest BCUT2D eigenvalue weighted by atomic mass is 10.1. The summed E-state index contributed by atoms with van der Waals surface area (Å²) >= 11 is 0. The molecule has 0 atom stereocenters. The topological polar surface area (TPSA) is 110 Å². The normalized spacial score (nSPS) is 15.4. The maximum absolute atomic E-state index is 10.8. The van der Waals surface area contributed by atoms with Crippen molar-refractivity contribution in [2.24, 2.45) is 0 Å². The number of carboxylic acids is 1. The van der Waals surface area contributed by atoms with Gasteiger partial charge in [-0.2, -0.15) is 0 Å². The number of phenolic OH excluding ortho intramolecular Hbond substituents is 1. The molecular weight excluding hydrogens is 312 g/mol. The van der Waals surface area contributed by atoms with Crippen molar-refractivity contribution in [2.75, 3.05) is 37.6 Å². The van der Waals surface area contributed by atoms with Gasteiger partial charge in [0.15, 0.2) is 0 Å². The number of hydrogen-bond donors (Lipinski definition) is 3. The Bertz CT molecular complexity index is 745. The van der Waals surface area contributed by atoms with Gasteiger partial charge in [-0.3, -0.25) is 9.69 Å². The predicted molar refractivity (Wildman–Crippen MR) is 87.1 cm³/mol. The molecule has 0 bridgehead atoms. The van der Waals surface area contributed by atoms with Crippen LogP contribution in [-0.2, 0) is 4.79 Å². The third-order valence-corrected chi connectivity index (χ3v) is 4.01. The molecule has 0 amide bonds. The smallest absolute Gasteiger partial charge is 0.317 e. The van der Waals surface area contributed by atoms with Crippen molar-refractivity contribution in [3.63, 3.8) is 0 Å². The summed E-state index contributed by atoms with van der Waals surface area (Å²) in [6.45, 7) is 2.33. The van der Waals surface area contributed by atoms with Crippen LogP contribution in [0.4, 0.5) is 5.69 Å². The zero-order valence-corrected chi connectivity index (χ0v) is 13.0. The monoisotopic (exact) mass is 330 g/mol. The molecule has 0 saturated carbocycles. The molecule has 0 aliphatic carbocycles. The van der Waals surface area contributed by atoms with Crippen molar-refractivity contribution >= 4 is 11.7 Å². The number of aromatic hydroxyl groups is 2. The molecule has 0 unspecified atom stereocenters. The van der Waals surface area contributed by atoms with Crippen LogP contribution in [0.15, 0.2) is 30.3 Å². The molecule has 2 aromatic rings. The number of hydrogen-bond acceptors (Lipinski definition) is 7. The van der Waals surface area contributed by atoms with E-state index >= 15 is 0 Å². The standard InChI is InChI=1S/C16H18N4O4/c21-14-4-2-1-3-11(14)12-9-13(16(24)18-17-12)20-7-5-19(6-8-20)10-15(22)23/h1-4,9,21H,5-8,10H2,(H,18,24)(H,22,23). The Kier molecular flexibility index (Phi) is 4.48. The summed E-state index contributed by atoms with van der Waals surface area (Å²) in [6.07, 6.45) is 0. The van der Waals surface area contributed by atoms with E-state index in [1.54, 1.807) is 30.3 Å². The molecular formula is C16H18N4O4. The van der Waals surface area contributed by atoms with E-state index < -0.39 is 5.97 Å². The van der Waals surface area contributed by atoms with Crippen LogP contribution in [0.1, 0.15) is 0 Å². The van der Waals surface area contributed by atoms with Crippen LogP contribution in [0.25, 0.3) is 11.3 Å². The number of aromatic nitrogens is 2. The first-order valence-electron chi connectivity index (χ1n) is 7.59. The number of rotatable bonds is 4. The summed E-state index contributed by atoms with van der Waals surface area (Å²) in [4.78, 5) is 14.5. The van der Waals surface area contributed by atoms with Gasteiger partial charge in [0.05, 0.1) is 12.2 Å². The quantitative estimate of drug-likeness (QED) is 0.754. The van der Waals surface area contributed by atoms with E-state index in [9.17, 15) is 15.0 Å². The Morgan fingerprint density at radius 3 is 2.46 bits per heavy atom. The van der Waals surface area contributed by atoms with E-state index in [1.807, 2.05) is 9.80 Å². The predicted octanol–water partition coefficient (Wildman–Crippen LogP) is 0.761. The second-order valence-electron chi connectivity index (χ2n) is 5.61. The number of carboxylic acid groups (broad SMARTS) is 1. The number of carbonyl (C=O) groups is 1. The summed E-state index contributed by atoms with van der Waals surface area (Å²) < 4.78 is 0. The zero-order valence-electron chi connectivity index (χ0n) is 13.0. The first-order chi connectivity index (χ1) is 11.5. The Morgan fingerprint density at radius 1 is 1.08 bits per heavy atom. The third-order valence-electron chi connectivity index (χ3n) is 4.01.